The molecule has 2 amide bonds. The van der Waals surface area contributed by atoms with Crippen molar-refractivity contribution in [3.05, 3.63) is 94.1 Å². The number of carbonyl (C=O) groups excluding carboxylic acids is 3. The zero-order chi connectivity index (χ0) is 26.5. The van der Waals surface area contributed by atoms with Crippen molar-refractivity contribution in [1.29, 1.82) is 0 Å². The number of hydrogen-bond acceptors (Lipinski definition) is 4. The summed E-state index contributed by atoms with van der Waals surface area (Å²) in [5.41, 5.74) is 4.46. The summed E-state index contributed by atoms with van der Waals surface area (Å²) >= 11 is 6.00. The first-order chi connectivity index (χ1) is 17.8. The summed E-state index contributed by atoms with van der Waals surface area (Å²) in [6, 6.07) is 19.7. The average molecular weight is 518 g/mol. The van der Waals surface area contributed by atoms with Gasteiger partial charge in [0.25, 0.3) is 5.91 Å². The van der Waals surface area contributed by atoms with Crippen molar-refractivity contribution in [2.45, 2.75) is 26.7 Å². The summed E-state index contributed by atoms with van der Waals surface area (Å²) in [4.78, 5) is 37.5. The third kappa shape index (κ3) is 6.01. The predicted molar refractivity (Wildman–Crippen MR) is 146 cm³/mol. The molecule has 7 nitrogen and oxygen atoms in total. The zero-order valence-electron chi connectivity index (χ0n) is 20.9. The van der Waals surface area contributed by atoms with E-state index in [1.165, 1.54) is 6.92 Å². The van der Waals surface area contributed by atoms with Crippen LogP contribution in [0.5, 0.6) is 5.75 Å². The Balaban J connectivity index is 1.52. The Labute approximate surface area is 220 Å². The topological polar surface area (TPSA) is 89.4 Å². The number of nitrogens with zero attached hydrogens (tertiary/aromatic N) is 1. The number of fused-ring (bicyclic) bond motifs is 1. The van der Waals surface area contributed by atoms with E-state index in [1.54, 1.807) is 42.0 Å². The van der Waals surface area contributed by atoms with E-state index in [4.69, 9.17) is 16.3 Å². The van der Waals surface area contributed by atoms with Gasteiger partial charge in [0, 0.05) is 40.8 Å². The van der Waals surface area contributed by atoms with E-state index in [2.05, 4.69) is 10.6 Å². The molecule has 0 aliphatic carbocycles. The van der Waals surface area contributed by atoms with Crippen molar-refractivity contribution in [2.75, 3.05) is 19.0 Å². The normalized spacial score (nSPS) is 10.8. The number of anilines is 1. The molecular formula is C29H28ClN3O4. The van der Waals surface area contributed by atoms with Gasteiger partial charge in [-0.2, -0.15) is 0 Å². The first-order valence-corrected chi connectivity index (χ1v) is 12.3. The molecule has 4 aromatic rings. The fourth-order valence-electron chi connectivity index (χ4n) is 4.32. The molecule has 0 bridgehead atoms. The molecule has 37 heavy (non-hydrogen) atoms. The van der Waals surface area contributed by atoms with E-state index in [1.807, 2.05) is 43.3 Å². The Bertz CT molecular complexity index is 1460. The smallest absolute Gasteiger partial charge is 0.262 e. The second kappa shape index (κ2) is 11.3. The highest BCUT2D eigenvalue weighted by atomic mass is 35.5. The number of aromatic nitrogens is 1. The van der Waals surface area contributed by atoms with Crippen LogP contribution in [0.3, 0.4) is 0 Å². The Morgan fingerprint density at radius 3 is 2.32 bits per heavy atom. The van der Waals surface area contributed by atoms with Gasteiger partial charge in [-0.15, -0.1) is 0 Å². The van der Waals surface area contributed by atoms with Gasteiger partial charge in [-0.3, -0.25) is 19.0 Å². The van der Waals surface area contributed by atoms with Crippen molar-refractivity contribution in [2.24, 2.45) is 0 Å². The van der Waals surface area contributed by atoms with Gasteiger partial charge in [0.1, 0.15) is 5.75 Å². The van der Waals surface area contributed by atoms with Crippen LogP contribution >= 0.6 is 11.6 Å². The summed E-state index contributed by atoms with van der Waals surface area (Å²) < 4.78 is 7.04. The van der Waals surface area contributed by atoms with Gasteiger partial charge in [-0.25, -0.2) is 0 Å². The van der Waals surface area contributed by atoms with Crippen LogP contribution in [-0.2, 0) is 22.4 Å². The minimum Gasteiger partial charge on any atom is -0.497 e. The maximum Gasteiger partial charge on any atom is 0.262 e. The van der Waals surface area contributed by atoms with Crippen molar-refractivity contribution < 1.29 is 19.1 Å². The van der Waals surface area contributed by atoms with Crippen molar-refractivity contribution in [3.63, 3.8) is 0 Å². The summed E-state index contributed by atoms with van der Waals surface area (Å²) in [5.74, 6) is 0.189. The number of carbonyl (C=O) groups is 3. The molecule has 0 atom stereocenters. The fraction of sp³-hybridized carbons (Fsp3) is 0.207. The molecule has 1 aromatic heterocycles. The van der Waals surface area contributed by atoms with Crippen LogP contribution in [0.25, 0.3) is 10.9 Å². The van der Waals surface area contributed by atoms with Gasteiger partial charge in [-0.05, 0) is 79.1 Å². The third-order valence-corrected chi connectivity index (χ3v) is 6.44. The molecule has 0 aliphatic rings. The molecule has 1 heterocycles. The van der Waals surface area contributed by atoms with Crippen LogP contribution in [0, 0.1) is 6.92 Å². The molecule has 0 spiro atoms. The molecule has 0 aliphatic heterocycles. The maximum absolute atomic E-state index is 13.4. The SMILES string of the molecule is COc1ccc2c(c1)c(CC(=O)NCCc1ccc(NC(C)=O)cc1)c(C)n2C(=O)c1ccc(Cl)cc1. The van der Waals surface area contributed by atoms with Gasteiger partial charge >= 0.3 is 0 Å². The average Bonchev–Trinajstić information content (AvgIpc) is 3.15. The van der Waals surface area contributed by atoms with Gasteiger partial charge < -0.3 is 15.4 Å². The molecular weight excluding hydrogens is 490 g/mol. The minimum absolute atomic E-state index is 0.121. The maximum atomic E-state index is 13.4. The van der Waals surface area contributed by atoms with Gasteiger partial charge in [-0.1, -0.05) is 23.7 Å². The van der Waals surface area contributed by atoms with E-state index in [9.17, 15) is 14.4 Å². The monoisotopic (exact) mass is 517 g/mol. The highest BCUT2D eigenvalue weighted by Gasteiger charge is 2.22. The van der Waals surface area contributed by atoms with Crippen LogP contribution in [0.15, 0.2) is 66.7 Å². The number of nitrogens with one attached hydrogen (secondary N) is 2. The zero-order valence-corrected chi connectivity index (χ0v) is 21.7. The number of benzene rings is 3. The van der Waals surface area contributed by atoms with Crippen molar-refractivity contribution >= 4 is 45.9 Å². The van der Waals surface area contributed by atoms with Gasteiger partial charge in [0.05, 0.1) is 19.0 Å². The summed E-state index contributed by atoms with van der Waals surface area (Å²) in [6.45, 7) is 3.77. The van der Waals surface area contributed by atoms with E-state index in [-0.39, 0.29) is 24.1 Å². The van der Waals surface area contributed by atoms with Gasteiger partial charge in [0.15, 0.2) is 0 Å². The molecule has 4 rings (SSSR count). The molecule has 0 saturated heterocycles. The summed E-state index contributed by atoms with van der Waals surface area (Å²) in [6.07, 6.45) is 0.771. The van der Waals surface area contributed by atoms with Crippen molar-refractivity contribution in [3.8, 4) is 5.75 Å². The van der Waals surface area contributed by atoms with Crippen molar-refractivity contribution in [1.82, 2.24) is 9.88 Å². The lowest BCUT2D eigenvalue weighted by atomic mass is 10.1. The Kier molecular flexibility index (Phi) is 7.94. The van der Waals surface area contributed by atoms with Crippen LogP contribution in [0.2, 0.25) is 5.02 Å². The van der Waals surface area contributed by atoms with E-state index >= 15 is 0 Å². The number of halogens is 1. The lowest BCUT2D eigenvalue weighted by molar-refractivity contribution is -0.120. The molecule has 2 N–H and O–H groups in total. The highest BCUT2D eigenvalue weighted by molar-refractivity contribution is 6.30. The number of ether oxygens (including phenoxy) is 1. The van der Waals surface area contributed by atoms with Crippen LogP contribution in [0.4, 0.5) is 5.69 Å². The Hall–Kier alpha value is -4.10. The second-order valence-electron chi connectivity index (χ2n) is 8.75. The largest absolute Gasteiger partial charge is 0.497 e. The van der Waals surface area contributed by atoms with Crippen LogP contribution < -0.4 is 15.4 Å². The molecule has 8 heteroatoms. The number of methoxy groups -OCH3 is 1. The highest BCUT2D eigenvalue weighted by Crippen LogP contribution is 2.31. The number of hydrogen-bond donors (Lipinski definition) is 2. The Morgan fingerprint density at radius 1 is 0.973 bits per heavy atom. The summed E-state index contributed by atoms with van der Waals surface area (Å²) in [7, 11) is 1.58. The van der Waals surface area contributed by atoms with Crippen LogP contribution in [-0.4, -0.2) is 35.9 Å². The predicted octanol–water partition coefficient (Wildman–Crippen LogP) is 5.16. The number of rotatable bonds is 8. The van der Waals surface area contributed by atoms with Crippen LogP contribution in [0.1, 0.15) is 34.1 Å². The molecule has 0 fully saturated rings. The van der Waals surface area contributed by atoms with Gasteiger partial charge in [0.2, 0.25) is 11.8 Å². The molecule has 0 unspecified atom stereocenters. The lowest BCUT2D eigenvalue weighted by Gasteiger charge is -2.09. The standard InChI is InChI=1S/C29H28ClN3O4/c1-18-25(17-28(35)31-15-14-20-4-10-23(11-5-20)32-19(2)34)26-16-24(37-3)12-13-27(26)33(18)29(36)21-6-8-22(30)9-7-21/h4-13,16H,14-15,17H2,1-3H3,(H,31,35)(H,32,34). The lowest BCUT2D eigenvalue weighted by Crippen LogP contribution is -2.27. The third-order valence-electron chi connectivity index (χ3n) is 6.18. The van der Waals surface area contributed by atoms with E-state index in [0.29, 0.717) is 40.5 Å². The molecule has 0 radical (unpaired) electrons. The minimum atomic E-state index is -0.196. The second-order valence-corrected chi connectivity index (χ2v) is 9.19. The quantitative estimate of drug-likeness (QED) is 0.338. The van der Waals surface area contributed by atoms with E-state index in [0.717, 1.165) is 22.2 Å². The first-order valence-electron chi connectivity index (χ1n) is 11.9. The Morgan fingerprint density at radius 2 is 1.68 bits per heavy atom. The molecule has 3 aromatic carbocycles. The first kappa shape index (κ1) is 26.0. The molecule has 0 saturated carbocycles. The summed E-state index contributed by atoms with van der Waals surface area (Å²) in [5, 5.41) is 7.06. The molecule has 190 valence electrons. The van der Waals surface area contributed by atoms with E-state index < -0.39 is 0 Å². The number of amides is 2. The fourth-order valence-corrected chi connectivity index (χ4v) is 4.45.